The second kappa shape index (κ2) is 9.56. The minimum absolute atomic E-state index is 0.118. The molecule has 4 unspecified atom stereocenters. The molecule has 26 heavy (non-hydrogen) atoms. The van der Waals surface area contributed by atoms with E-state index in [1.165, 1.54) is 18.9 Å². The number of aliphatic hydroxyl groups is 2. The number of nitrogens with two attached hydrogens (primary N) is 1. The summed E-state index contributed by atoms with van der Waals surface area (Å²) < 4.78 is 9.81. The van der Waals surface area contributed by atoms with E-state index in [4.69, 9.17) is 22.1 Å². The molecule has 0 aliphatic heterocycles. The Morgan fingerprint density at radius 1 is 1.42 bits per heavy atom. The third-order valence-electron chi connectivity index (χ3n) is 3.91. The van der Waals surface area contributed by atoms with Crippen LogP contribution in [0, 0.1) is 0 Å². The van der Waals surface area contributed by atoms with Crippen molar-refractivity contribution >= 4 is 40.8 Å². The third-order valence-corrected chi connectivity index (χ3v) is 5.25. The van der Waals surface area contributed by atoms with Crippen molar-refractivity contribution in [2.24, 2.45) is 0 Å². The van der Waals surface area contributed by atoms with Gasteiger partial charge in [0.25, 0.3) is 0 Å². The Morgan fingerprint density at radius 2 is 2.15 bits per heavy atom. The van der Waals surface area contributed by atoms with Gasteiger partial charge in [-0.2, -0.15) is 0 Å². The summed E-state index contributed by atoms with van der Waals surface area (Å²) >= 11 is 7.50. The van der Waals surface area contributed by atoms with E-state index in [0.717, 1.165) is 12.2 Å². The third kappa shape index (κ3) is 5.10. The Kier molecular flexibility index (Phi) is 7.71. The van der Waals surface area contributed by atoms with E-state index in [9.17, 15) is 15.0 Å². The van der Waals surface area contributed by atoms with Gasteiger partial charge in [-0.25, -0.2) is 14.8 Å². The molecule has 1 aliphatic rings. The van der Waals surface area contributed by atoms with E-state index in [0.29, 0.717) is 5.16 Å². The maximum absolute atomic E-state index is 11.2. The molecule has 1 aromatic heterocycles. The summed E-state index contributed by atoms with van der Waals surface area (Å²) in [6, 6.07) is -0.579. The largest absolute Gasteiger partial charge is 0.467 e. The van der Waals surface area contributed by atoms with Crippen molar-refractivity contribution in [1.82, 2.24) is 9.97 Å². The predicted molar refractivity (Wildman–Crippen MR) is 98.3 cm³/mol. The second-order valence-electron chi connectivity index (χ2n) is 5.80. The second-order valence-corrected chi connectivity index (χ2v) is 7.22. The monoisotopic (exact) mass is 406 g/mol. The molecule has 11 heteroatoms. The molecule has 0 bridgehead atoms. The predicted octanol–water partition coefficient (Wildman–Crippen LogP) is 0.678. The van der Waals surface area contributed by atoms with Gasteiger partial charge in [0.15, 0.2) is 16.1 Å². The van der Waals surface area contributed by atoms with E-state index in [2.05, 4.69) is 20.0 Å². The zero-order chi connectivity index (χ0) is 19.3. The zero-order valence-electron chi connectivity index (χ0n) is 14.5. The van der Waals surface area contributed by atoms with Crippen molar-refractivity contribution in [2.75, 3.05) is 30.5 Å². The lowest BCUT2D eigenvalue weighted by atomic mass is 10.2. The van der Waals surface area contributed by atoms with Crippen LogP contribution in [0.25, 0.3) is 0 Å². The standard InChI is InChI=1S/C15H23ClN4O5S/c1-3-4-26-15-19-13(16)10(17)14(20-15)18-7-5-8(12(23)11(7)22)25-6-9(21)24-2/h7-8,11-12,22-23H,3-6,17H2,1-2H3,(H,18,19,20). The molecule has 9 nitrogen and oxygen atoms in total. The molecule has 0 amide bonds. The molecule has 1 saturated carbocycles. The van der Waals surface area contributed by atoms with Gasteiger partial charge < -0.3 is 30.7 Å². The molecular weight excluding hydrogens is 384 g/mol. The molecule has 5 N–H and O–H groups in total. The van der Waals surface area contributed by atoms with Crippen molar-refractivity contribution in [3.63, 3.8) is 0 Å². The molecule has 2 rings (SSSR count). The molecule has 1 heterocycles. The molecule has 0 saturated heterocycles. The van der Waals surface area contributed by atoms with Crippen LogP contribution in [0.3, 0.4) is 0 Å². The quantitative estimate of drug-likeness (QED) is 0.211. The highest BCUT2D eigenvalue weighted by atomic mass is 35.5. The number of halogens is 1. The van der Waals surface area contributed by atoms with Crippen molar-refractivity contribution in [2.45, 2.75) is 49.3 Å². The van der Waals surface area contributed by atoms with Crippen LogP contribution in [0.1, 0.15) is 19.8 Å². The Bertz CT molecular complexity index is 638. The zero-order valence-corrected chi connectivity index (χ0v) is 16.1. The van der Waals surface area contributed by atoms with Crippen LogP contribution in [0.5, 0.6) is 0 Å². The van der Waals surface area contributed by atoms with Crippen molar-refractivity contribution in [1.29, 1.82) is 0 Å². The number of nitrogen functional groups attached to an aromatic ring is 1. The van der Waals surface area contributed by atoms with Crippen LogP contribution in [0.15, 0.2) is 5.16 Å². The molecule has 0 spiro atoms. The lowest BCUT2D eigenvalue weighted by Gasteiger charge is -2.19. The number of esters is 1. The van der Waals surface area contributed by atoms with Crippen LogP contribution in [0.2, 0.25) is 5.15 Å². The SMILES string of the molecule is CCCSc1nc(Cl)c(N)c(NC2CC(OCC(=O)OC)C(O)C2O)n1. The Morgan fingerprint density at radius 3 is 2.81 bits per heavy atom. The van der Waals surface area contributed by atoms with Crippen molar-refractivity contribution in [3.8, 4) is 0 Å². The minimum Gasteiger partial charge on any atom is -0.467 e. The smallest absolute Gasteiger partial charge is 0.331 e. The van der Waals surface area contributed by atoms with Gasteiger partial charge in [-0.15, -0.1) is 0 Å². The fourth-order valence-corrected chi connectivity index (χ4v) is 3.42. The van der Waals surface area contributed by atoms with E-state index in [1.54, 1.807) is 0 Å². The number of methoxy groups -OCH3 is 1. The first-order valence-electron chi connectivity index (χ1n) is 8.14. The van der Waals surface area contributed by atoms with E-state index < -0.39 is 30.3 Å². The van der Waals surface area contributed by atoms with E-state index in [-0.39, 0.29) is 29.7 Å². The molecule has 1 aliphatic carbocycles. The summed E-state index contributed by atoms with van der Waals surface area (Å²) in [7, 11) is 1.24. The first-order valence-corrected chi connectivity index (χ1v) is 9.50. The number of carbonyl (C=O) groups is 1. The van der Waals surface area contributed by atoms with Crippen LogP contribution in [0.4, 0.5) is 11.5 Å². The molecular formula is C15H23ClN4O5S. The fraction of sp³-hybridized carbons (Fsp3) is 0.667. The summed E-state index contributed by atoms with van der Waals surface area (Å²) in [5.74, 6) is 0.550. The summed E-state index contributed by atoms with van der Waals surface area (Å²) in [6.07, 6.45) is -1.82. The van der Waals surface area contributed by atoms with Crippen molar-refractivity contribution < 1.29 is 24.5 Å². The Balaban J connectivity index is 2.07. The molecule has 0 aromatic carbocycles. The molecule has 0 radical (unpaired) electrons. The Hall–Kier alpha value is -1.33. The number of nitrogens with zero attached hydrogens (tertiary/aromatic N) is 2. The molecule has 4 atom stereocenters. The lowest BCUT2D eigenvalue weighted by molar-refractivity contribution is -0.150. The fourth-order valence-electron chi connectivity index (χ4n) is 2.50. The summed E-state index contributed by atoms with van der Waals surface area (Å²) in [6.45, 7) is 1.73. The van der Waals surface area contributed by atoms with Crippen LogP contribution in [-0.2, 0) is 14.3 Å². The van der Waals surface area contributed by atoms with Gasteiger partial charge in [-0.3, -0.25) is 0 Å². The summed E-state index contributed by atoms with van der Waals surface area (Å²) in [5.41, 5.74) is 6.08. The van der Waals surface area contributed by atoms with Gasteiger partial charge in [0.2, 0.25) is 0 Å². The number of aromatic nitrogens is 2. The number of carbonyl (C=O) groups excluding carboxylic acids is 1. The maximum atomic E-state index is 11.2. The number of anilines is 2. The number of ether oxygens (including phenoxy) is 2. The Labute approximate surface area is 160 Å². The lowest BCUT2D eigenvalue weighted by Crippen LogP contribution is -2.37. The summed E-state index contributed by atoms with van der Waals surface area (Å²) in [5, 5.41) is 24.0. The molecule has 1 aromatic rings. The van der Waals surface area contributed by atoms with Gasteiger partial charge in [0, 0.05) is 5.75 Å². The maximum Gasteiger partial charge on any atom is 0.331 e. The van der Waals surface area contributed by atoms with Crippen LogP contribution in [-0.4, -0.2) is 70.0 Å². The van der Waals surface area contributed by atoms with Gasteiger partial charge in [-0.05, 0) is 12.8 Å². The van der Waals surface area contributed by atoms with Crippen LogP contribution >= 0.6 is 23.4 Å². The average molecular weight is 407 g/mol. The first-order chi connectivity index (χ1) is 12.4. The van der Waals surface area contributed by atoms with Gasteiger partial charge in [-0.1, -0.05) is 30.3 Å². The number of hydrogen-bond donors (Lipinski definition) is 4. The van der Waals surface area contributed by atoms with Crippen LogP contribution < -0.4 is 11.1 Å². The summed E-state index contributed by atoms with van der Waals surface area (Å²) in [4.78, 5) is 19.6. The van der Waals surface area contributed by atoms with E-state index >= 15 is 0 Å². The molecule has 146 valence electrons. The first kappa shape index (κ1) is 21.0. The topological polar surface area (TPSA) is 140 Å². The van der Waals surface area contributed by atoms with Gasteiger partial charge >= 0.3 is 5.97 Å². The number of thioether (sulfide) groups is 1. The van der Waals surface area contributed by atoms with Gasteiger partial charge in [0.1, 0.15) is 24.5 Å². The number of nitrogens with one attached hydrogen (secondary N) is 1. The number of rotatable bonds is 8. The van der Waals surface area contributed by atoms with Crippen molar-refractivity contribution in [3.05, 3.63) is 5.15 Å². The van der Waals surface area contributed by atoms with Gasteiger partial charge in [0.05, 0.1) is 19.3 Å². The number of hydrogen-bond acceptors (Lipinski definition) is 10. The minimum atomic E-state index is -1.16. The molecule has 1 fully saturated rings. The number of aliphatic hydroxyl groups excluding tert-OH is 2. The highest BCUT2D eigenvalue weighted by molar-refractivity contribution is 7.99. The average Bonchev–Trinajstić information content (AvgIpc) is 2.89. The normalized spacial score (nSPS) is 25.3. The van der Waals surface area contributed by atoms with E-state index in [1.807, 2.05) is 6.92 Å². The highest BCUT2D eigenvalue weighted by Gasteiger charge is 2.43. The highest BCUT2D eigenvalue weighted by Crippen LogP contribution is 2.31.